The number of likely N-dealkylation sites (tertiary alicyclic amines) is 1. The molecule has 2 atom stereocenters. The van der Waals surface area contributed by atoms with Crippen LogP contribution in [0.25, 0.3) is 0 Å². The third-order valence-corrected chi connectivity index (χ3v) is 19.4. The van der Waals surface area contributed by atoms with Gasteiger partial charge in [-0.1, -0.05) is 346 Å². The highest BCUT2D eigenvalue weighted by atomic mass is 16.6. The van der Waals surface area contributed by atoms with Gasteiger partial charge in [-0.15, -0.1) is 0 Å². The number of carbonyl (C=O) groups is 3. The lowest BCUT2D eigenvalue weighted by Gasteiger charge is -2.24. The molecule has 92 heavy (non-hydrogen) atoms. The van der Waals surface area contributed by atoms with Crippen LogP contribution in [0.4, 0.5) is 4.79 Å². The molecule has 7 heteroatoms. The third-order valence-electron chi connectivity index (χ3n) is 19.4. The molecule has 0 bridgehead atoms. The summed E-state index contributed by atoms with van der Waals surface area (Å²) in [5.41, 5.74) is -0.703. The van der Waals surface area contributed by atoms with Crippen LogP contribution in [-0.2, 0) is 23.8 Å². The number of ether oxygens (including phenoxy) is 3. The van der Waals surface area contributed by atoms with Crippen LogP contribution in [0.15, 0.2) is 48.6 Å². The second-order valence-corrected chi connectivity index (χ2v) is 29.6. The van der Waals surface area contributed by atoms with E-state index in [1.54, 1.807) is 4.90 Å². The maximum atomic E-state index is 14.7. The van der Waals surface area contributed by atoms with Gasteiger partial charge in [-0.05, 0) is 136 Å². The zero-order chi connectivity index (χ0) is 66.7. The molecule has 0 aromatic carbocycles. The lowest BCUT2D eigenvalue weighted by atomic mass is 9.95. The van der Waals surface area contributed by atoms with E-state index in [0.29, 0.717) is 0 Å². The van der Waals surface area contributed by atoms with Crippen molar-refractivity contribution < 1.29 is 28.6 Å². The zero-order valence-corrected chi connectivity index (χ0v) is 62.7. The molecule has 0 saturated carbocycles. The molecule has 0 spiro atoms. The van der Waals surface area contributed by atoms with E-state index >= 15 is 0 Å². The van der Waals surface area contributed by atoms with Crippen LogP contribution in [0.3, 0.4) is 0 Å². The largest absolute Gasteiger partial charge is 0.462 e. The number of nitrogens with zero attached hydrogens (tertiary/aromatic N) is 1. The predicted molar refractivity (Wildman–Crippen MR) is 401 cm³/mol. The first kappa shape index (κ1) is 87.2. The number of esters is 2. The summed E-state index contributed by atoms with van der Waals surface area (Å²) in [6.45, 7) is 14.9. The Balaban J connectivity index is 3.01. The highest BCUT2D eigenvalue weighted by Gasteiger charge is 2.47. The molecule has 538 valence electrons. The molecular formula is C85H157NO6. The van der Waals surface area contributed by atoms with Crippen LogP contribution in [0.2, 0.25) is 0 Å². The van der Waals surface area contributed by atoms with Gasteiger partial charge in [0.05, 0.1) is 11.8 Å². The van der Waals surface area contributed by atoms with E-state index < -0.39 is 23.5 Å². The Morgan fingerprint density at radius 1 is 0.315 bits per heavy atom. The number of hydrogen-bond donors (Lipinski definition) is 0. The summed E-state index contributed by atoms with van der Waals surface area (Å²) in [5, 5.41) is 0. The standard InChI is InChI=1S/C85H157NO6/c1-8-12-16-20-24-28-32-36-40-44-48-52-56-60-64-68-72-78(73-69-65-61-57-53-49-45-41-37-33-29-25-21-17-13-9-2)90-82(87)80-76-86(84(89)92-85(5,6)7)77-81(80)83(88)91-79(74-70-66-62-58-54-50-46-42-38-34-30-26-22-18-14-10-3)75-71-67-63-59-55-51-47-43-39-35-31-27-23-19-15-11-4/h24-25,28-29,36-37,40-41,78-81H,8-23,26-27,30-35,38-39,42-77H2,1-7H3/b28-24-,29-25-,40-36-,41-37-. The van der Waals surface area contributed by atoms with Gasteiger partial charge in [-0.25, -0.2) is 4.79 Å². The van der Waals surface area contributed by atoms with E-state index in [-0.39, 0.29) is 37.2 Å². The molecular weight excluding hydrogens is 1130 g/mol. The molecule has 7 nitrogen and oxygen atoms in total. The first-order valence-corrected chi connectivity index (χ1v) is 41.0. The summed E-state index contributed by atoms with van der Waals surface area (Å²) in [4.78, 5) is 44.7. The van der Waals surface area contributed by atoms with Crippen LogP contribution in [0.5, 0.6) is 0 Å². The van der Waals surface area contributed by atoms with E-state index in [2.05, 4.69) is 76.3 Å². The molecule has 1 amide bonds. The van der Waals surface area contributed by atoms with Crippen molar-refractivity contribution in [3.05, 3.63) is 48.6 Å². The minimum absolute atomic E-state index is 0.110. The van der Waals surface area contributed by atoms with Crippen molar-refractivity contribution in [1.82, 2.24) is 4.90 Å². The number of amides is 1. The number of hydrogen-bond acceptors (Lipinski definition) is 6. The van der Waals surface area contributed by atoms with Crippen molar-refractivity contribution in [3.8, 4) is 0 Å². The fraction of sp³-hybridized carbons (Fsp3) is 0.871. The fourth-order valence-corrected chi connectivity index (χ4v) is 13.3. The van der Waals surface area contributed by atoms with Crippen LogP contribution < -0.4 is 0 Å². The summed E-state index contributed by atoms with van der Waals surface area (Å²) in [5.74, 6) is -2.26. The summed E-state index contributed by atoms with van der Waals surface area (Å²) < 4.78 is 19.0. The minimum atomic E-state index is -0.781. The molecule has 1 aliphatic heterocycles. The van der Waals surface area contributed by atoms with Crippen molar-refractivity contribution in [2.75, 3.05) is 13.1 Å². The van der Waals surface area contributed by atoms with Gasteiger partial charge in [0.2, 0.25) is 0 Å². The van der Waals surface area contributed by atoms with Gasteiger partial charge in [0.1, 0.15) is 17.8 Å². The maximum absolute atomic E-state index is 14.7. The molecule has 0 aromatic heterocycles. The Hall–Kier alpha value is -2.83. The van der Waals surface area contributed by atoms with Crippen LogP contribution in [0, 0.1) is 11.8 Å². The lowest BCUT2D eigenvalue weighted by Crippen LogP contribution is -2.36. The first-order chi connectivity index (χ1) is 45.1. The van der Waals surface area contributed by atoms with Crippen molar-refractivity contribution in [1.29, 1.82) is 0 Å². The molecule has 1 aliphatic rings. The highest BCUT2D eigenvalue weighted by molar-refractivity contribution is 5.85. The molecule has 0 aliphatic carbocycles. The Morgan fingerprint density at radius 3 is 0.761 bits per heavy atom. The second kappa shape index (κ2) is 66.8. The zero-order valence-electron chi connectivity index (χ0n) is 62.7. The lowest BCUT2D eigenvalue weighted by molar-refractivity contribution is -0.165. The van der Waals surface area contributed by atoms with Gasteiger partial charge in [-0.3, -0.25) is 9.59 Å². The van der Waals surface area contributed by atoms with E-state index in [1.807, 2.05) is 20.8 Å². The Morgan fingerprint density at radius 2 is 0.522 bits per heavy atom. The van der Waals surface area contributed by atoms with Gasteiger partial charge in [0, 0.05) is 13.1 Å². The predicted octanol–water partition coefficient (Wildman–Crippen LogP) is 28.0. The summed E-state index contributed by atoms with van der Waals surface area (Å²) in [7, 11) is 0. The van der Waals surface area contributed by atoms with Crippen molar-refractivity contribution in [3.63, 3.8) is 0 Å². The number of carbonyl (C=O) groups excluding carboxylic acids is 3. The average Bonchev–Trinajstić information content (AvgIpc) is 1.72. The Bertz CT molecular complexity index is 1640. The number of unbranched alkanes of at least 4 members (excludes halogenated alkanes) is 48. The van der Waals surface area contributed by atoms with E-state index in [9.17, 15) is 14.4 Å². The quantitative estimate of drug-likeness (QED) is 0.0261. The van der Waals surface area contributed by atoms with Crippen LogP contribution >= 0.6 is 0 Å². The van der Waals surface area contributed by atoms with Crippen LogP contribution in [-0.4, -0.2) is 53.8 Å². The molecule has 1 heterocycles. The molecule has 1 rings (SSSR count). The second-order valence-electron chi connectivity index (χ2n) is 29.6. The van der Waals surface area contributed by atoms with E-state index in [0.717, 1.165) is 103 Å². The van der Waals surface area contributed by atoms with Gasteiger partial charge < -0.3 is 19.1 Å². The molecule has 1 fully saturated rings. The maximum Gasteiger partial charge on any atom is 0.410 e. The smallest absolute Gasteiger partial charge is 0.410 e. The van der Waals surface area contributed by atoms with Crippen molar-refractivity contribution >= 4 is 18.0 Å². The monoisotopic (exact) mass is 1290 g/mol. The third kappa shape index (κ3) is 57.4. The topological polar surface area (TPSA) is 82.1 Å². The minimum Gasteiger partial charge on any atom is -0.462 e. The summed E-state index contributed by atoms with van der Waals surface area (Å²) in [6, 6.07) is 0. The average molecular weight is 1290 g/mol. The van der Waals surface area contributed by atoms with Gasteiger partial charge in [-0.2, -0.15) is 0 Å². The van der Waals surface area contributed by atoms with E-state index in [1.165, 1.54) is 283 Å². The van der Waals surface area contributed by atoms with Gasteiger partial charge in [0.15, 0.2) is 0 Å². The molecule has 0 aromatic rings. The number of allylic oxidation sites excluding steroid dienone is 8. The molecule has 1 saturated heterocycles. The highest BCUT2D eigenvalue weighted by Crippen LogP contribution is 2.31. The van der Waals surface area contributed by atoms with Crippen molar-refractivity contribution in [2.24, 2.45) is 11.8 Å². The molecule has 0 radical (unpaired) electrons. The van der Waals surface area contributed by atoms with Crippen LogP contribution in [0.1, 0.15) is 434 Å². The Labute approximate surface area is 573 Å². The SMILES string of the molecule is CCCCC/C=C\C/C=C\CCCCCCCCC(CCCCCCCC/C=C\C/C=C\CCCCC)OC(=O)C1CN(C(=O)OC(C)(C)C)CC1C(=O)OC(CCCCCCCCCCCCCCCCCC)CCCCCCCCCCCCCCCCCC. The normalized spacial score (nSPS) is 14.7. The molecule has 2 unspecified atom stereocenters. The fourth-order valence-electron chi connectivity index (χ4n) is 13.3. The number of rotatable bonds is 68. The van der Waals surface area contributed by atoms with Gasteiger partial charge >= 0.3 is 18.0 Å². The van der Waals surface area contributed by atoms with Gasteiger partial charge in [0.25, 0.3) is 0 Å². The van der Waals surface area contributed by atoms with E-state index in [4.69, 9.17) is 14.2 Å². The molecule has 0 N–H and O–H groups in total. The first-order valence-electron chi connectivity index (χ1n) is 41.0. The summed E-state index contributed by atoms with van der Waals surface area (Å²) in [6.07, 6.45) is 92.4. The van der Waals surface area contributed by atoms with Crippen molar-refractivity contribution in [2.45, 2.75) is 452 Å². The summed E-state index contributed by atoms with van der Waals surface area (Å²) >= 11 is 0. The Kier molecular flexibility index (Phi) is 63.3.